The number of benzene rings is 1. The molecule has 3 nitrogen and oxygen atoms in total. The molecule has 102 valence electrons. The van der Waals surface area contributed by atoms with Crippen LogP contribution in [0.15, 0.2) is 59.3 Å². The molecule has 0 bridgehead atoms. The number of thiophene rings is 1. The van der Waals surface area contributed by atoms with Crippen molar-refractivity contribution >= 4 is 23.1 Å². The molecule has 3 aromatic rings. The van der Waals surface area contributed by atoms with Gasteiger partial charge < -0.3 is 4.57 Å². The largest absolute Gasteiger partial charge is 0.308 e. The van der Waals surface area contributed by atoms with E-state index < -0.39 is 0 Å². The first-order valence-electron chi connectivity index (χ1n) is 6.49. The summed E-state index contributed by atoms with van der Waals surface area (Å²) >= 11 is 3.54. The van der Waals surface area contributed by atoms with Crippen molar-refractivity contribution in [3.05, 3.63) is 64.6 Å². The topological polar surface area (TPSA) is 30.7 Å². The molecule has 0 atom stereocenters. The third-order valence-corrected chi connectivity index (χ3v) is 4.96. The summed E-state index contributed by atoms with van der Waals surface area (Å²) in [6, 6.07) is 14.7. The lowest BCUT2D eigenvalue weighted by atomic mass is 10.2. The van der Waals surface area contributed by atoms with Crippen molar-refractivity contribution in [1.82, 2.24) is 14.8 Å². The van der Waals surface area contributed by atoms with Crippen LogP contribution in [0.4, 0.5) is 0 Å². The highest BCUT2D eigenvalue weighted by molar-refractivity contribution is 7.98. The Morgan fingerprint density at radius 1 is 1.10 bits per heavy atom. The van der Waals surface area contributed by atoms with E-state index in [1.807, 2.05) is 12.4 Å². The van der Waals surface area contributed by atoms with Crippen LogP contribution in [0.5, 0.6) is 0 Å². The molecule has 0 saturated heterocycles. The predicted molar refractivity (Wildman–Crippen MR) is 84.0 cm³/mol. The van der Waals surface area contributed by atoms with E-state index in [0.717, 1.165) is 23.9 Å². The summed E-state index contributed by atoms with van der Waals surface area (Å²) in [6.07, 6.45) is 2.86. The van der Waals surface area contributed by atoms with Crippen LogP contribution in [-0.4, -0.2) is 14.8 Å². The van der Waals surface area contributed by atoms with Crippen LogP contribution in [0.25, 0.3) is 0 Å². The van der Waals surface area contributed by atoms with E-state index in [0.29, 0.717) is 0 Å². The fourth-order valence-corrected chi connectivity index (χ4v) is 3.51. The van der Waals surface area contributed by atoms with Gasteiger partial charge in [-0.1, -0.05) is 48.2 Å². The van der Waals surface area contributed by atoms with Crippen molar-refractivity contribution < 1.29 is 0 Å². The SMILES string of the molecule is c1ccc(CSc2nncn2CCc2cccs2)cc1. The van der Waals surface area contributed by atoms with Crippen LogP contribution in [-0.2, 0) is 18.7 Å². The maximum absolute atomic E-state index is 4.21. The minimum Gasteiger partial charge on any atom is -0.308 e. The van der Waals surface area contributed by atoms with Crippen molar-refractivity contribution in [1.29, 1.82) is 0 Å². The third-order valence-electron chi connectivity index (χ3n) is 2.97. The number of rotatable bonds is 6. The second kappa shape index (κ2) is 6.72. The average Bonchev–Trinajstić information content (AvgIpc) is 3.15. The Kier molecular flexibility index (Phi) is 4.50. The molecule has 0 unspecified atom stereocenters. The molecule has 0 aliphatic carbocycles. The molecular weight excluding hydrogens is 286 g/mol. The molecule has 0 spiro atoms. The van der Waals surface area contributed by atoms with Crippen LogP contribution in [0, 0.1) is 0 Å². The lowest BCUT2D eigenvalue weighted by Gasteiger charge is -2.05. The first kappa shape index (κ1) is 13.4. The maximum Gasteiger partial charge on any atom is 0.191 e. The minimum absolute atomic E-state index is 0.929. The molecule has 5 heteroatoms. The van der Waals surface area contributed by atoms with Crippen LogP contribution >= 0.6 is 23.1 Å². The van der Waals surface area contributed by atoms with Gasteiger partial charge in [-0.15, -0.1) is 21.5 Å². The molecule has 20 heavy (non-hydrogen) atoms. The quantitative estimate of drug-likeness (QED) is 0.647. The lowest BCUT2D eigenvalue weighted by Crippen LogP contribution is -2.01. The van der Waals surface area contributed by atoms with Crippen molar-refractivity contribution in [2.45, 2.75) is 23.9 Å². The molecule has 0 amide bonds. The summed E-state index contributed by atoms with van der Waals surface area (Å²) < 4.78 is 2.13. The van der Waals surface area contributed by atoms with Gasteiger partial charge >= 0.3 is 0 Å². The van der Waals surface area contributed by atoms with Gasteiger partial charge in [0.1, 0.15) is 6.33 Å². The highest BCUT2D eigenvalue weighted by Gasteiger charge is 2.06. The molecule has 0 aliphatic rings. The van der Waals surface area contributed by atoms with Crippen LogP contribution in [0.1, 0.15) is 10.4 Å². The highest BCUT2D eigenvalue weighted by Crippen LogP contribution is 2.21. The molecule has 0 saturated carbocycles. The van der Waals surface area contributed by atoms with Crippen LogP contribution in [0.2, 0.25) is 0 Å². The Balaban J connectivity index is 1.59. The molecule has 2 aromatic heterocycles. The second-order valence-corrected chi connectivity index (χ2v) is 6.39. The fraction of sp³-hybridized carbons (Fsp3) is 0.200. The lowest BCUT2D eigenvalue weighted by molar-refractivity contribution is 0.637. The zero-order valence-electron chi connectivity index (χ0n) is 11.0. The van der Waals surface area contributed by atoms with Crippen LogP contribution < -0.4 is 0 Å². The van der Waals surface area contributed by atoms with E-state index in [4.69, 9.17) is 0 Å². The molecule has 2 heterocycles. The Bertz CT molecular complexity index is 632. The summed E-state index contributed by atoms with van der Waals surface area (Å²) in [7, 11) is 0. The smallest absolute Gasteiger partial charge is 0.191 e. The highest BCUT2D eigenvalue weighted by atomic mass is 32.2. The zero-order valence-corrected chi connectivity index (χ0v) is 12.6. The summed E-state index contributed by atoms with van der Waals surface area (Å²) in [5.74, 6) is 0.929. The second-order valence-electron chi connectivity index (χ2n) is 4.41. The van der Waals surface area contributed by atoms with E-state index in [9.17, 15) is 0 Å². The Morgan fingerprint density at radius 3 is 2.80 bits per heavy atom. The van der Waals surface area contributed by atoms with E-state index in [1.165, 1.54) is 10.4 Å². The van der Waals surface area contributed by atoms with Gasteiger partial charge in [-0.2, -0.15) is 0 Å². The number of aryl methyl sites for hydroxylation is 2. The minimum atomic E-state index is 0.929. The number of hydrogen-bond acceptors (Lipinski definition) is 4. The van der Waals surface area contributed by atoms with Gasteiger partial charge in [0.25, 0.3) is 0 Å². The van der Waals surface area contributed by atoms with Crippen molar-refractivity contribution in [3.63, 3.8) is 0 Å². The van der Waals surface area contributed by atoms with Gasteiger partial charge in [-0.25, -0.2) is 0 Å². The van der Waals surface area contributed by atoms with Crippen LogP contribution in [0.3, 0.4) is 0 Å². The first-order valence-corrected chi connectivity index (χ1v) is 8.35. The Labute approximate surface area is 126 Å². The standard InChI is InChI=1S/C15H15N3S2/c1-2-5-13(6-3-1)11-20-15-17-16-12-18(15)9-8-14-7-4-10-19-14/h1-7,10,12H,8-9,11H2. The summed E-state index contributed by atoms with van der Waals surface area (Å²) in [5, 5.41) is 11.3. The van der Waals surface area contributed by atoms with Crippen molar-refractivity contribution in [3.8, 4) is 0 Å². The summed E-state index contributed by atoms with van der Waals surface area (Å²) in [4.78, 5) is 1.40. The Morgan fingerprint density at radius 2 is 2.00 bits per heavy atom. The van der Waals surface area contributed by atoms with Gasteiger partial charge in [0.2, 0.25) is 0 Å². The molecule has 0 aliphatic heterocycles. The molecule has 3 rings (SSSR count). The van der Waals surface area contributed by atoms with Crippen molar-refractivity contribution in [2.24, 2.45) is 0 Å². The third kappa shape index (κ3) is 3.49. The van der Waals surface area contributed by atoms with E-state index in [2.05, 4.69) is 56.5 Å². The average molecular weight is 301 g/mol. The van der Waals surface area contributed by atoms with Crippen molar-refractivity contribution in [2.75, 3.05) is 0 Å². The molecule has 1 aromatic carbocycles. The van der Waals surface area contributed by atoms with E-state index in [-0.39, 0.29) is 0 Å². The van der Waals surface area contributed by atoms with Gasteiger partial charge in [0.05, 0.1) is 0 Å². The number of nitrogens with zero attached hydrogens (tertiary/aromatic N) is 3. The summed E-state index contributed by atoms with van der Waals surface area (Å²) in [6.45, 7) is 0.935. The molecule has 0 N–H and O–H groups in total. The predicted octanol–water partition coefficient (Wildman–Crippen LogP) is 3.87. The normalized spacial score (nSPS) is 10.8. The van der Waals surface area contributed by atoms with Gasteiger partial charge in [-0.3, -0.25) is 0 Å². The van der Waals surface area contributed by atoms with Gasteiger partial charge in [0.15, 0.2) is 5.16 Å². The fourth-order valence-electron chi connectivity index (χ4n) is 1.92. The Hall–Kier alpha value is -1.59. The van der Waals surface area contributed by atoms with E-state index in [1.54, 1.807) is 23.1 Å². The number of thioether (sulfide) groups is 1. The maximum atomic E-state index is 4.21. The van der Waals surface area contributed by atoms with Gasteiger partial charge in [-0.05, 0) is 23.4 Å². The molecule has 0 radical (unpaired) electrons. The number of aromatic nitrogens is 3. The van der Waals surface area contributed by atoms with Gasteiger partial charge in [0, 0.05) is 17.2 Å². The van der Waals surface area contributed by atoms with E-state index >= 15 is 0 Å². The molecule has 0 fully saturated rings. The summed E-state index contributed by atoms with van der Waals surface area (Å²) in [5.41, 5.74) is 1.31. The molecular formula is C15H15N3S2. The number of hydrogen-bond donors (Lipinski definition) is 0. The monoisotopic (exact) mass is 301 g/mol. The zero-order chi connectivity index (χ0) is 13.6. The first-order chi connectivity index (χ1) is 9.92.